The number of carboxylic acids is 1. The standard InChI is InChI=1S/C14H15FN2O2S/c1-10(8-11-2-4-12(15)5-3-11)17-7-6-16-14(17)20-9-13(18)19/h2-7,10H,8-9H2,1H3,(H,18,19). The van der Waals surface area contributed by atoms with Gasteiger partial charge in [0.1, 0.15) is 5.82 Å². The van der Waals surface area contributed by atoms with E-state index in [9.17, 15) is 9.18 Å². The Hall–Kier alpha value is -1.82. The fourth-order valence-corrected chi connectivity index (χ4v) is 2.71. The van der Waals surface area contributed by atoms with Gasteiger partial charge in [0.2, 0.25) is 0 Å². The molecule has 0 aliphatic carbocycles. The van der Waals surface area contributed by atoms with E-state index in [-0.39, 0.29) is 17.6 Å². The third kappa shape index (κ3) is 3.84. The van der Waals surface area contributed by atoms with E-state index in [4.69, 9.17) is 5.11 Å². The Kier molecular flexibility index (Phi) is 4.79. The summed E-state index contributed by atoms with van der Waals surface area (Å²) in [6.45, 7) is 2.02. The number of imidazole rings is 1. The lowest BCUT2D eigenvalue weighted by atomic mass is 10.1. The third-order valence-electron chi connectivity index (χ3n) is 2.88. The molecule has 0 bridgehead atoms. The van der Waals surface area contributed by atoms with Crippen molar-refractivity contribution in [2.24, 2.45) is 0 Å². The predicted molar refractivity (Wildman–Crippen MR) is 75.4 cm³/mol. The van der Waals surface area contributed by atoms with E-state index in [1.54, 1.807) is 18.3 Å². The van der Waals surface area contributed by atoms with Crippen molar-refractivity contribution in [2.45, 2.75) is 24.5 Å². The smallest absolute Gasteiger partial charge is 0.313 e. The van der Waals surface area contributed by atoms with Crippen LogP contribution in [-0.4, -0.2) is 26.4 Å². The van der Waals surface area contributed by atoms with Crippen molar-refractivity contribution in [2.75, 3.05) is 5.75 Å². The molecule has 6 heteroatoms. The number of halogens is 1. The van der Waals surface area contributed by atoms with E-state index >= 15 is 0 Å². The van der Waals surface area contributed by atoms with Crippen LogP contribution < -0.4 is 0 Å². The number of rotatable bonds is 6. The number of aliphatic carboxylic acids is 1. The van der Waals surface area contributed by atoms with Gasteiger partial charge in [-0.05, 0) is 31.0 Å². The number of carbonyl (C=O) groups is 1. The summed E-state index contributed by atoms with van der Waals surface area (Å²) in [5, 5.41) is 9.39. The van der Waals surface area contributed by atoms with Crippen LogP contribution in [0.2, 0.25) is 0 Å². The molecule has 1 N–H and O–H groups in total. The average Bonchev–Trinajstić information content (AvgIpc) is 2.87. The van der Waals surface area contributed by atoms with E-state index in [2.05, 4.69) is 4.98 Å². The first-order valence-corrected chi connectivity index (χ1v) is 7.16. The molecule has 0 saturated heterocycles. The Morgan fingerprint density at radius 2 is 2.15 bits per heavy atom. The normalized spacial score (nSPS) is 12.3. The van der Waals surface area contributed by atoms with Gasteiger partial charge in [0.25, 0.3) is 0 Å². The molecule has 106 valence electrons. The highest BCUT2D eigenvalue weighted by Gasteiger charge is 2.12. The Labute approximate surface area is 120 Å². The zero-order chi connectivity index (χ0) is 14.5. The maximum absolute atomic E-state index is 12.9. The lowest BCUT2D eigenvalue weighted by Crippen LogP contribution is -2.09. The first-order chi connectivity index (χ1) is 9.56. The Morgan fingerprint density at radius 3 is 2.80 bits per heavy atom. The quantitative estimate of drug-likeness (QED) is 0.832. The van der Waals surface area contributed by atoms with E-state index in [0.717, 1.165) is 12.0 Å². The molecule has 4 nitrogen and oxygen atoms in total. The molecule has 20 heavy (non-hydrogen) atoms. The zero-order valence-electron chi connectivity index (χ0n) is 11.0. The first-order valence-electron chi connectivity index (χ1n) is 6.18. The van der Waals surface area contributed by atoms with Gasteiger partial charge in [0, 0.05) is 18.4 Å². The molecule has 2 aromatic rings. The van der Waals surface area contributed by atoms with Crippen molar-refractivity contribution in [1.82, 2.24) is 9.55 Å². The van der Waals surface area contributed by atoms with Gasteiger partial charge in [0.05, 0.1) is 5.75 Å². The van der Waals surface area contributed by atoms with E-state index in [1.165, 1.54) is 23.9 Å². The minimum atomic E-state index is -0.865. The molecule has 0 amide bonds. The van der Waals surface area contributed by atoms with Crippen molar-refractivity contribution in [1.29, 1.82) is 0 Å². The predicted octanol–water partition coefficient (Wildman–Crippen LogP) is 3.00. The molecular formula is C14H15FN2O2S. The summed E-state index contributed by atoms with van der Waals surface area (Å²) in [4.78, 5) is 14.8. The molecule has 1 heterocycles. The minimum absolute atomic E-state index is 0.0136. The molecule has 1 aromatic heterocycles. The number of benzene rings is 1. The van der Waals surface area contributed by atoms with Crippen LogP contribution in [0.3, 0.4) is 0 Å². The molecule has 0 spiro atoms. The molecule has 1 unspecified atom stereocenters. The van der Waals surface area contributed by atoms with Gasteiger partial charge in [-0.25, -0.2) is 9.37 Å². The molecule has 1 atom stereocenters. The maximum atomic E-state index is 12.9. The molecular weight excluding hydrogens is 279 g/mol. The number of nitrogens with zero attached hydrogens (tertiary/aromatic N) is 2. The van der Waals surface area contributed by atoms with Crippen molar-refractivity contribution in [3.63, 3.8) is 0 Å². The summed E-state index contributed by atoms with van der Waals surface area (Å²) < 4.78 is 14.8. The molecule has 0 saturated carbocycles. The van der Waals surface area contributed by atoms with Gasteiger partial charge < -0.3 is 9.67 Å². The molecule has 0 fully saturated rings. The largest absolute Gasteiger partial charge is 0.481 e. The fourth-order valence-electron chi connectivity index (χ4n) is 1.93. The topological polar surface area (TPSA) is 55.1 Å². The van der Waals surface area contributed by atoms with Crippen LogP contribution in [0.4, 0.5) is 4.39 Å². The Bertz CT molecular complexity index is 583. The van der Waals surface area contributed by atoms with E-state index in [1.807, 2.05) is 17.7 Å². The van der Waals surface area contributed by atoms with Gasteiger partial charge in [-0.3, -0.25) is 4.79 Å². The number of carboxylic acid groups (broad SMARTS) is 1. The van der Waals surface area contributed by atoms with Crippen LogP contribution in [0, 0.1) is 5.82 Å². The summed E-state index contributed by atoms with van der Waals surface area (Å²) in [5.74, 6) is -1.13. The summed E-state index contributed by atoms with van der Waals surface area (Å²) in [7, 11) is 0. The van der Waals surface area contributed by atoms with Crippen LogP contribution in [-0.2, 0) is 11.2 Å². The second-order valence-corrected chi connectivity index (χ2v) is 5.42. The average molecular weight is 294 g/mol. The van der Waals surface area contributed by atoms with Crippen LogP contribution in [0.5, 0.6) is 0 Å². The zero-order valence-corrected chi connectivity index (χ0v) is 11.8. The maximum Gasteiger partial charge on any atom is 0.313 e. The molecule has 2 rings (SSSR count). The van der Waals surface area contributed by atoms with Crippen molar-refractivity contribution in [3.8, 4) is 0 Å². The SMILES string of the molecule is CC(Cc1ccc(F)cc1)n1ccnc1SCC(=O)O. The highest BCUT2D eigenvalue weighted by Crippen LogP contribution is 2.22. The van der Waals surface area contributed by atoms with Crippen molar-refractivity contribution in [3.05, 3.63) is 48.0 Å². The minimum Gasteiger partial charge on any atom is -0.481 e. The molecule has 0 aliphatic heterocycles. The lowest BCUT2D eigenvalue weighted by Gasteiger charge is -2.16. The van der Waals surface area contributed by atoms with Crippen LogP contribution >= 0.6 is 11.8 Å². The number of aromatic nitrogens is 2. The summed E-state index contributed by atoms with van der Waals surface area (Å²) in [5.41, 5.74) is 1.03. The molecule has 0 aliphatic rings. The third-order valence-corrected chi connectivity index (χ3v) is 3.84. The summed E-state index contributed by atoms with van der Waals surface area (Å²) >= 11 is 1.20. The van der Waals surface area contributed by atoms with Gasteiger partial charge in [-0.1, -0.05) is 23.9 Å². The van der Waals surface area contributed by atoms with Crippen molar-refractivity contribution < 1.29 is 14.3 Å². The number of hydrogen-bond acceptors (Lipinski definition) is 3. The van der Waals surface area contributed by atoms with Crippen LogP contribution in [0.25, 0.3) is 0 Å². The number of thioether (sulfide) groups is 1. The lowest BCUT2D eigenvalue weighted by molar-refractivity contribution is -0.133. The molecule has 1 aromatic carbocycles. The highest BCUT2D eigenvalue weighted by molar-refractivity contribution is 7.99. The Balaban J connectivity index is 2.05. The van der Waals surface area contributed by atoms with Crippen LogP contribution in [0.1, 0.15) is 18.5 Å². The fraction of sp³-hybridized carbons (Fsp3) is 0.286. The second-order valence-electron chi connectivity index (χ2n) is 4.48. The monoisotopic (exact) mass is 294 g/mol. The van der Waals surface area contributed by atoms with Gasteiger partial charge >= 0.3 is 5.97 Å². The number of hydrogen-bond donors (Lipinski definition) is 1. The Morgan fingerprint density at radius 1 is 1.45 bits per heavy atom. The van der Waals surface area contributed by atoms with Gasteiger partial charge in [0.15, 0.2) is 5.16 Å². The van der Waals surface area contributed by atoms with Gasteiger partial charge in [-0.2, -0.15) is 0 Å². The first kappa shape index (κ1) is 14.6. The van der Waals surface area contributed by atoms with E-state index < -0.39 is 5.97 Å². The highest BCUT2D eigenvalue weighted by atomic mass is 32.2. The second kappa shape index (κ2) is 6.56. The summed E-state index contributed by atoms with van der Waals surface area (Å²) in [6, 6.07) is 6.52. The van der Waals surface area contributed by atoms with E-state index in [0.29, 0.717) is 5.16 Å². The molecule has 0 radical (unpaired) electrons. The van der Waals surface area contributed by atoms with Crippen molar-refractivity contribution >= 4 is 17.7 Å². The summed E-state index contributed by atoms with van der Waals surface area (Å²) in [6.07, 6.45) is 4.22. The van der Waals surface area contributed by atoms with Gasteiger partial charge in [-0.15, -0.1) is 0 Å². The van der Waals surface area contributed by atoms with Crippen LogP contribution in [0.15, 0.2) is 41.8 Å².